The minimum Gasteiger partial charge on any atom is -0.289 e. The van der Waals surface area contributed by atoms with Crippen molar-refractivity contribution in [2.24, 2.45) is 0 Å². The number of rotatable bonds is 2. The van der Waals surface area contributed by atoms with Crippen molar-refractivity contribution >= 4 is 5.78 Å². The number of ketones is 1. The molecule has 0 saturated carbocycles. The van der Waals surface area contributed by atoms with E-state index in [1.54, 1.807) is 0 Å². The third kappa shape index (κ3) is 4.16. The molecule has 0 heterocycles. The predicted octanol–water partition coefficient (Wildman–Crippen LogP) is 2.87. The average Bonchev–Trinajstić information content (AvgIpc) is 2.41. The zero-order chi connectivity index (χ0) is 12.5. The Bertz CT molecular complexity index is 398. The molecular weight excluding hydrogens is 220 g/mol. The second kappa shape index (κ2) is 7.29. The first-order valence-electron chi connectivity index (χ1n) is 4.89. The van der Waals surface area contributed by atoms with Gasteiger partial charge in [-0.2, -0.15) is 0 Å². The highest BCUT2D eigenvalue weighted by Gasteiger charge is 2.06. The summed E-state index contributed by atoms with van der Waals surface area (Å²) >= 11 is 0. The predicted molar refractivity (Wildman–Crippen MR) is 62.7 cm³/mol. The molecule has 2 aromatic carbocycles. The monoisotopic (exact) mass is 232 g/mol. The van der Waals surface area contributed by atoms with Gasteiger partial charge in [0.25, 0.3) is 0 Å². The summed E-state index contributed by atoms with van der Waals surface area (Å²) in [6, 6.07) is 18.6. The van der Waals surface area contributed by atoms with Crippen LogP contribution in [0.5, 0.6) is 0 Å². The van der Waals surface area contributed by atoms with E-state index >= 15 is 0 Å². The maximum absolute atomic E-state index is 11.8. The Labute approximate surface area is 98.6 Å². The van der Waals surface area contributed by atoms with Gasteiger partial charge in [0, 0.05) is 11.1 Å². The van der Waals surface area contributed by atoms with Crippen LogP contribution >= 0.6 is 0 Å². The van der Waals surface area contributed by atoms with Gasteiger partial charge in [0.05, 0.1) is 0 Å². The van der Waals surface area contributed by atoms with E-state index in [0.29, 0.717) is 0 Å². The Morgan fingerprint density at radius 3 is 1.35 bits per heavy atom. The minimum atomic E-state index is 0.0752. The van der Waals surface area contributed by atoms with E-state index < -0.39 is 0 Å². The lowest BCUT2D eigenvalue weighted by Gasteiger charge is -1.99. The molecule has 17 heavy (non-hydrogen) atoms. The summed E-state index contributed by atoms with van der Waals surface area (Å²) < 4.78 is 0. The molecule has 0 fully saturated rings. The zero-order valence-electron chi connectivity index (χ0n) is 8.98. The highest BCUT2D eigenvalue weighted by Crippen LogP contribution is 2.08. The molecule has 0 bridgehead atoms. The smallest absolute Gasteiger partial charge is 0.193 e. The maximum Gasteiger partial charge on any atom is 0.193 e. The molecule has 2 aromatic rings. The molecule has 2 rings (SSSR count). The topological polar surface area (TPSA) is 66.8 Å². The lowest BCUT2D eigenvalue weighted by atomic mass is 10.0. The van der Waals surface area contributed by atoms with E-state index in [9.17, 15) is 4.79 Å². The normalized spacial score (nSPS) is 9.06. The van der Waals surface area contributed by atoms with Crippen molar-refractivity contribution in [3.63, 3.8) is 0 Å². The fourth-order valence-corrected chi connectivity index (χ4v) is 1.35. The van der Waals surface area contributed by atoms with Crippen LogP contribution in [0.15, 0.2) is 60.7 Å². The number of benzene rings is 2. The fraction of sp³-hybridized carbons (Fsp3) is 0. The van der Waals surface area contributed by atoms with E-state index in [4.69, 9.17) is 10.5 Å². The van der Waals surface area contributed by atoms with Gasteiger partial charge in [0.1, 0.15) is 0 Å². The van der Waals surface area contributed by atoms with Crippen LogP contribution in [-0.4, -0.2) is 16.3 Å². The minimum absolute atomic E-state index is 0.0752. The molecule has 0 atom stereocenters. The standard InChI is InChI=1S/C13H10O.H2O3/c14-13(11-7-3-1-4-8-11)12-9-5-2-6-10-12;1-3-2/h1-10H;1-2H. The molecule has 4 heteroatoms. The Morgan fingerprint density at radius 2 is 1.06 bits per heavy atom. The number of hydrogen-bond donors (Lipinski definition) is 2. The van der Waals surface area contributed by atoms with Gasteiger partial charge in [0.2, 0.25) is 0 Å². The molecule has 0 aliphatic carbocycles. The van der Waals surface area contributed by atoms with Gasteiger partial charge < -0.3 is 0 Å². The van der Waals surface area contributed by atoms with Gasteiger partial charge in [0.15, 0.2) is 5.78 Å². The van der Waals surface area contributed by atoms with Crippen molar-refractivity contribution < 1.29 is 20.3 Å². The zero-order valence-corrected chi connectivity index (χ0v) is 8.98. The summed E-state index contributed by atoms with van der Waals surface area (Å²) in [7, 11) is 0. The molecule has 88 valence electrons. The second-order valence-corrected chi connectivity index (χ2v) is 3.14. The van der Waals surface area contributed by atoms with E-state index in [1.165, 1.54) is 0 Å². The lowest BCUT2D eigenvalue weighted by Crippen LogP contribution is -1.99. The molecule has 4 nitrogen and oxygen atoms in total. The maximum atomic E-state index is 11.8. The summed E-state index contributed by atoms with van der Waals surface area (Å²) in [5, 5.41) is 15.5. The first kappa shape index (κ1) is 13.1. The molecule has 0 aliphatic heterocycles. The van der Waals surface area contributed by atoms with Gasteiger partial charge in [-0.25, -0.2) is 10.5 Å². The van der Waals surface area contributed by atoms with Gasteiger partial charge in [-0.3, -0.25) is 4.79 Å². The largest absolute Gasteiger partial charge is 0.289 e. The molecule has 0 amide bonds. The number of carbonyl (C=O) groups excluding carboxylic acids is 1. The van der Waals surface area contributed by atoms with E-state index in [1.807, 2.05) is 60.7 Å². The van der Waals surface area contributed by atoms with Crippen LogP contribution in [0.2, 0.25) is 0 Å². The van der Waals surface area contributed by atoms with E-state index in [0.717, 1.165) is 11.1 Å². The van der Waals surface area contributed by atoms with Gasteiger partial charge in [-0.1, -0.05) is 65.7 Å². The van der Waals surface area contributed by atoms with Gasteiger partial charge in [-0.15, -0.1) is 0 Å². The third-order valence-corrected chi connectivity index (χ3v) is 2.07. The molecule has 0 spiro atoms. The quantitative estimate of drug-likeness (QED) is 0.474. The highest BCUT2D eigenvalue weighted by atomic mass is 17.4. The average molecular weight is 232 g/mol. The summed E-state index contributed by atoms with van der Waals surface area (Å²) in [5.41, 5.74) is 1.47. The van der Waals surface area contributed by atoms with Crippen LogP contribution in [0.25, 0.3) is 0 Å². The van der Waals surface area contributed by atoms with Crippen LogP contribution in [-0.2, 0) is 5.04 Å². The van der Waals surface area contributed by atoms with Crippen molar-refractivity contribution in [3.8, 4) is 0 Å². The van der Waals surface area contributed by atoms with Crippen molar-refractivity contribution in [1.29, 1.82) is 0 Å². The van der Waals surface area contributed by atoms with Crippen molar-refractivity contribution in [2.75, 3.05) is 0 Å². The Kier molecular flexibility index (Phi) is 5.60. The summed E-state index contributed by atoms with van der Waals surface area (Å²) in [4.78, 5) is 11.8. The first-order valence-corrected chi connectivity index (χ1v) is 4.89. The van der Waals surface area contributed by atoms with Crippen molar-refractivity contribution in [3.05, 3.63) is 71.8 Å². The number of carbonyl (C=O) groups is 1. The van der Waals surface area contributed by atoms with Crippen LogP contribution in [0.4, 0.5) is 0 Å². The molecule has 0 radical (unpaired) electrons. The van der Waals surface area contributed by atoms with E-state index in [-0.39, 0.29) is 5.78 Å². The first-order chi connectivity index (χ1) is 8.29. The second-order valence-electron chi connectivity index (χ2n) is 3.14. The molecule has 0 unspecified atom stereocenters. The Morgan fingerprint density at radius 1 is 0.765 bits per heavy atom. The SMILES string of the molecule is O=C(c1ccccc1)c1ccccc1.OOO. The van der Waals surface area contributed by atoms with Crippen molar-refractivity contribution in [1.82, 2.24) is 0 Å². The summed E-state index contributed by atoms with van der Waals surface area (Å²) in [6.07, 6.45) is 0. The highest BCUT2D eigenvalue weighted by molar-refractivity contribution is 6.08. The molecule has 0 saturated heterocycles. The van der Waals surface area contributed by atoms with Crippen LogP contribution in [0, 0.1) is 0 Å². The number of hydrogen-bond acceptors (Lipinski definition) is 4. The Balaban J connectivity index is 0.000000437. The van der Waals surface area contributed by atoms with Crippen molar-refractivity contribution in [2.45, 2.75) is 0 Å². The third-order valence-electron chi connectivity index (χ3n) is 2.07. The summed E-state index contributed by atoms with van der Waals surface area (Å²) in [5.74, 6) is 0.0752. The van der Waals surface area contributed by atoms with Crippen LogP contribution < -0.4 is 0 Å². The Hall–Kier alpha value is -2.01. The van der Waals surface area contributed by atoms with E-state index in [2.05, 4.69) is 5.04 Å². The summed E-state index contributed by atoms with van der Waals surface area (Å²) in [6.45, 7) is 0. The molecule has 2 N–H and O–H groups in total. The van der Waals surface area contributed by atoms with Crippen LogP contribution in [0.3, 0.4) is 0 Å². The fourth-order valence-electron chi connectivity index (χ4n) is 1.35. The molecular formula is C13H12O4. The molecule has 0 aliphatic rings. The van der Waals surface area contributed by atoms with Gasteiger partial charge >= 0.3 is 0 Å². The lowest BCUT2D eigenvalue weighted by molar-refractivity contribution is -0.465. The van der Waals surface area contributed by atoms with Crippen LogP contribution in [0.1, 0.15) is 15.9 Å². The molecule has 0 aromatic heterocycles. The van der Waals surface area contributed by atoms with Gasteiger partial charge in [-0.05, 0) is 0 Å².